The Morgan fingerprint density at radius 1 is 1.59 bits per heavy atom. The number of aliphatic imine (C=N–C) groups is 1. The predicted octanol–water partition coefficient (Wildman–Crippen LogP) is 3.15. The summed E-state index contributed by atoms with van der Waals surface area (Å²) in [5.74, 6) is 0. The van der Waals surface area contributed by atoms with Crippen LogP contribution in [0.2, 0.25) is 0 Å². The first-order valence-corrected chi connectivity index (χ1v) is 6.41. The number of halogens is 1. The number of nitrogens with zero attached hydrogens (tertiary/aromatic N) is 4. The van der Waals surface area contributed by atoms with Gasteiger partial charge in [-0.05, 0) is 22.0 Å². The highest BCUT2D eigenvalue weighted by Gasteiger charge is 2.12. The van der Waals surface area contributed by atoms with Gasteiger partial charge in [-0.3, -0.25) is 0 Å². The number of fused-ring (bicyclic) bond motifs is 1. The van der Waals surface area contributed by atoms with Gasteiger partial charge >= 0.3 is 0 Å². The summed E-state index contributed by atoms with van der Waals surface area (Å²) in [5, 5.41) is 9.99. The standard InChI is InChI=1S/C11H9BrN4S/c1-16(2)6-15-10-8-3-7(12)5-14-11(8)17-9(10)4-13/h3,5-6H,1-2H3. The largest absolute Gasteiger partial charge is 0.369 e. The monoisotopic (exact) mass is 308 g/mol. The molecule has 0 unspecified atom stereocenters. The van der Waals surface area contributed by atoms with Crippen LogP contribution in [0.25, 0.3) is 10.2 Å². The molecule has 6 heteroatoms. The summed E-state index contributed by atoms with van der Waals surface area (Å²) < 4.78 is 0.883. The topological polar surface area (TPSA) is 52.3 Å². The van der Waals surface area contributed by atoms with Gasteiger partial charge in [0.2, 0.25) is 0 Å². The van der Waals surface area contributed by atoms with Gasteiger partial charge < -0.3 is 4.90 Å². The highest BCUT2D eigenvalue weighted by molar-refractivity contribution is 9.10. The molecule has 0 saturated carbocycles. The van der Waals surface area contributed by atoms with Gasteiger partial charge in [0.25, 0.3) is 0 Å². The molecule has 2 aromatic rings. The lowest BCUT2D eigenvalue weighted by Gasteiger charge is -2.01. The Hall–Kier alpha value is -1.45. The molecule has 0 aliphatic rings. The lowest BCUT2D eigenvalue weighted by molar-refractivity contribution is 0.643. The van der Waals surface area contributed by atoms with E-state index in [2.05, 4.69) is 32.0 Å². The third kappa shape index (κ3) is 2.46. The van der Waals surface area contributed by atoms with Gasteiger partial charge in [0, 0.05) is 30.2 Å². The van der Waals surface area contributed by atoms with Crippen LogP contribution >= 0.6 is 27.3 Å². The maximum Gasteiger partial charge on any atom is 0.133 e. The molecule has 0 fully saturated rings. The highest BCUT2D eigenvalue weighted by Crippen LogP contribution is 2.37. The normalized spacial score (nSPS) is 10.9. The summed E-state index contributed by atoms with van der Waals surface area (Å²) >= 11 is 4.73. The minimum atomic E-state index is 0.587. The number of rotatable bonds is 2. The second-order valence-electron chi connectivity index (χ2n) is 3.61. The van der Waals surface area contributed by atoms with Gasteiger partial charge in [-0.1, -0.05) is 0 Å². The Bertz CT molecular complexity index is 624. The van der Waals surface area contributed by atoms with E-state index in [1.54, 1.807) is 12.5 Å². The summed E-state index contributed by atoms with van der Waals surface area (Å²) in [6, 6.07) is 4.09. The lowest BCUT2D eigenvalue weighted by atomic mass is 10.3. The molecular weight excluding hydrogens is 300 g/mol. The smallest absolute Gasteiger partial charge is 0.133 e. The van der Waals surface area contributed by atoms with E-state index in [4.69, 9.17) is 5.26 Å². The molecule has 0 N–H and O–H groups in total. The number of thiophene rings is 1. The summed E-state index contributed by atoms with van der Waals surface area (Å²) in [6.07, 6.45) is 3.41. The van der Waals surface area contributed by atoms with Crippen molar-refractivity contribution < 1.29 is 0 Å². The van der Waals surface area contributed by atoms with E-state index in [1.807, 2.05) is 25.1 Å². The number of aromatic nitrogens is 1. The fourth-order valence-electron chi connectivity index (χ4n) is 1.32. The van der Waals surface area contributed by atoms with Crippen LogP contribution in [0.15, 0.2) is 21.7 Å². The third-order valence-electron chi connectivity index (χ3n) is 2.01. The fourth-order valence-corrected chi connectivity index (χ4v) is 2.52. The van der Waals surface area contributed by atoms with Crippen molar-refractivity contribution in [2.24, 2.45) is 4.99 Å². The van der Waals surface area contributed by atoms with E-state index in [0.717, 1.165) is 14.7 Å². The van der Waals surface area contributed by atoms with Crippen molar-refractivity contribution in [3.63, 3.8) is 0 Å². The van der Waals surface area contributed by atoms with E-state index in [1.165, 1.54) is 11.3 Å². The molecule has 0 aromatic carbocycles. The van der Waals surface area contributed by atoms with Crippen LogP contribution in [0.1, 0.15) is 4.88 Å². The number of nitriles is 1. The van der Waals surface area contributed by atoms with Gasteiger partial charge in [0.15, 0.2) is 0 Å². The van der Waals surface area contributed by atoms with E-state index < -0.39 is 0 Å². The molecule has 86 valence electrons. The molecule has 4 nitrogen and oxygen atoms in total. The van der Waals surface area contributed by atoms with Crippen LogP contribution in [0.5, 0.6) is 0 Å². The minimum absolute atomic E-state index is 0.587. The van der Waals surface area contributed by atoms with Crippen molar-refractivity contribution in [3.8, 4) is 6.07 Å². The molecule has 0 aliphatic carbocycles. The van der Waals surface area contributed by atoms with Crippen LogP contribution in [-0.2, 0) is 0 Å². The molecule has 2 heterocycles. The first-order chi connectivity index (χ1) is 8.11. The van der Waals surface area contributed by atoms with E-state index in [-0.39, 0.29) is 0 Å². The summed E-state index contributed by atoms with van der Waals surface area (Å²) in [5.41, 5.74) is 0.690. The number of pyridine rings is 1. The number of hydrogen-bond donors (Lipinski definition) is 0. The second kappa shape index (κ2) is 4.82. The average molecular weight is 309 g/mol. The van der Waals surface area contributed by atoms with E-state index in [9.17, 15) is 0 Å². The molecule has 2 rings (SSSR count). The third-order valence-corrected chi connectivity index (χ3v) is 3.45. The Labute approximate surface area is 111 Å². The first-order valence-electron chi connectivity index (χ1n) is 4.80. The van der Waals surface area contributed by atoms with Crippen LogP contribution in [0, 0.1) is 11.3 Å². The maximum atomic E-state index is 9.09. The fraction of sp³-hybridized carbons (Fsp3) is 0.182. The molecule has 0 atom stereocenters. The maximum absolute atomic E-state index is 9.09. The molecule has 17 heavy (non-hydrogen) atoms. The summed E-state index contributed by atoms with van der Waals surface area (Å²) in [6.45, 7) is 0. The Morgan fingerprint density at radius 3 is 3.00 bits per heavy atom. The van der Waals surface area contributed by atoms with Gasteiger partial charge in [-0.2, -0.15) is 5.26 Å². The lowest BCUT2D eigenvalue weighted by Crippen LogP contribution is -2.06. The highest BCUT2D eigenvalue weighted by atomic mass is 79.9. The van der Waals surface area contributed by atoms with Crippen LogP contribution in [-0.4, -0.2) is 30.3 Å². The van der Waals surface area contributed by atoms with Gasteiger partial charge in [0.1, 0.15) is 21.5 Å². The Kier molecular flexibility index (Phi) is 3.41. The second-order valence-corrected chi connectivity index (χ2v) is 5.52. The van der Waals surface area contributed by atoms with Crippen molar-refractivity contribution >= 4 is 49.5 Å². The predicted molar refractivity (Wildman–Crippen MR) is 73.9 cm³/mol. The number of hydrogen-bond acceptors (Lipinski definition) is 4. The molecule has 0 spiro atoms. The van der Waals surface area contributed by atoms with Crippen molar-refractivity contribution in [3.05, 3.63) is 21.6 Å². The van der Waals surface area contributed by atoms with Crippen LogP contribution < -0.4 is 0 Å². The van der Waals surface area contributed by atoms with Gasteiger partial charge in [0.05, 0.1) is 6.34 Å². The quantitative estimate of drug-likeness (QED) is 0.632. The molecule has 0 amide bonds. The van der Waals surface area contributed by atoms with E-state index in [0.29, 0.717) is 10.6 Å². The zero-order valence-corrected chi connectivity index (χ0v) is 11.7. The van der Waals surface area contributed by atoms with Crippen molar-refractivity contribution in [1.82, 2.24) is 9.88 Å². The zero-order valence-electron chi connectivity index (χ0n) is 9.31. The van der Waals surface area contributed by atoms with Gasteiger partial charge in [-0.15, -0.1) is 11.3 Å². The molecule has 0 radical (unpaired) electrons. The van der Waals surface area contributed by atoms with E-state index >= 15 is 0 Å². The van der Waals surface area contributed by atoms with Crippen LogP contribution in [0.4, 0.5) is 5.69 Å². The van der Waals surface area contributed by atoms with Crippen molar-refractivity contribution in [2.45, 2.75) is 0 Å². The first kappa shape index (κ1) is 12.0. The molecule has 0 aliphatic heterocycles. The molecule has 0 bridgehead atoms. The van der Waals surface area contributed by atoms with Crippen LogP contribution in [0.3, 0.4) is 0 Å². The average Bonchev–Trinajstić information content (AvgIpc) is 2.63. The van der Waals surface area contributed by atoms with Gasteiger partial charge in [-0.25, -0.2) is 9.98 Å². The van der Waals surface area contributed by atoms with Crippen molar-refractivity contribution in [1.29, 1.82) is 5.26 Å². The minimum Gasteiger partial charge on any atom is -0.369 e. The van der Waals surface area contributed by atoms with Crippen molar-refractivity contribution in [2.75, 3.05) is 14.1 Å². The molecular formula is C11H9BrN4S. The molecule has 2 aromatic heterocycles. The Balaban J connectivity index is 2.66. The summed E-state index contributed by atoms with van der Waals surface area (Å²) in [7, 11) is 3.77. The Morgan fingerprint density at radius 2 is 2.35 bits per heavy atom. The SMILES string of the molecule is CN(C)C=Nc1c(C#N)sc2ncc(Br)cc12. The molecule has 0 saturated heterocycles. The zero-order chi connectivity index (χ0) is 12.4. The summed E-state index contributed by atoms with van der Waals surface area (Å²) in [4.78, 5) is 11.8.